The van der Waals surface area contributed by atoms with E-state index in [2.05, 4.69) is 0 Å². The van der Waals surface area contributed by atoms with Crippen LogP contribution < -0.4 is 0 Å². The maximum Gasteiger partial charge on any atom is 0.350 e. The van der Waals surface area contributed by atoms with Gasteiger partial charge >= 0.3 is 5.97 Å². The molecule has 0 radical (unpaired) electrons. The predicted octanol–water partition coefficient (Wildman–Crippen LogP) is 3.88. The number of hydrogen-bond donors (Lipinski definition) is 0. The standard InChI is InChI=1S/C21H18O4/c1-24-20(23)21-11-3-2-10-15(21)17-18(22)13-8-4-6-12-7-5-9-14(16(12)13)19(17)25-21/h4-9,15H,2-3,10-11H2,1H3/t15-,21-/m0/s1. The second-order valence-corrected chi connectivity index (χ2v) is 7.06. The van der Waals surface area contributed by atoms with Crippen LogP contribution in [0.1, 0.15) is 41.6 Å². The highest BCUT2D eigenvalue weighted by atomic mass is 16.6. The largest absolute Gasteiger partial charge is 0.474 e. The normalized spacial score (nSPS) is 26.9. The number of ether oxygens (including phenoxy) is 2. The van der Waals surface area contributed by atoms with Crippen molar-refractivity contribution in [1.82, 2.24) is 0 Å². The third-order valence-corrected chi connectivity index (χ3v) is 5.90. The van der Waals surface area contributed by atoms with Gasteiger partial charge in [0.15, 0.2) is 5.78 Å². The van der Waals surface area contributed by atoms with Crippen LogP contribution in [0.3, 0.4) is 0 Å². The molecule has 2 atom stereocenters. The van der Waals surface area contributed by atoms with Crippen molar-refractivity contribution in [2.24, 2.45) is 5.92 Å². The molecule has 126 valence electrons. The van der Waals surface area contributed by atoms with Gasteiger partial charge in [-0.15, -0.1) is 0 Å². The molecule has 1 saturated carbocycles. The molecule has 2 aliphatic carbocycles. The molecule has 1 aliphatic heterocycles. The van der Waals surface area contributed by atoms with Gasteiger partial charge in [0, 0.05) is 22.4 Å². The first kappa shape index (κ1) is 14.7. The van der Waals surface area contributed by atoms with E-state index < -0.39 is 5.60 Å². The molecule has 4 nitrogen and oxygen atoms in total. The Morgan fingerprint density at radius 1 is 1.16 bits per heavy atom. The van der Waals surface area contributed by atoms with Crippen molar-refractivity contribution >= 4 is 28.3 Å². The van der Waals surface area contributed by atoms with Crippen LogP contribution in [0.5, 0.6) is 0 Å². The van der Waals surface area contributed by atoms with Crippen LogP contribution in [0.4, 0.5) is 0 Å². The van der Waals surface area contributed by atoms with Gasteiger partial charge in [0.1, 0.15) is 5.76 Å². The molecular weight excluding hydrogens is 316 g/mol. The van der Waals surface area contributed by atoms with E-state index in [-0.39, 0.29) is 17.7 Å². The minimum absolute atomic E-state index is 0.00280. The Labute approximate surface area is 145 Å². The summed E-state index contributed by atoms with van der Waals surface area (Å²) in [5.74, 6) is -0.000906. The molecular formula is C21H18O4. The Kier molecular flexibility index (Phi) is 2.91. The third-order valence-electron chi connectivity index (χ3n) is 5.90. The van der Waals surface area contributed by atoms with Gasteiger partial charge in [0.2, 0.25) is 5.60 Å². The predicted molar refractivity (Wildman–Crippen MR) is 93.0 cm³/mol. The zero-order valence-corrected chi connectivity index (χ0v) is 14.0. The molecule has 0 N–H and O–H groups in total. The number of carbonyl (C=O) groups excluding carboxylic acids is 2. The molecule has 2 aromatic rings. The number of esters is 1. The molecule has 4 heteroatoms. The summed E-state index contributed by atoms with van der Waals surface area (Å²) < 4.78 is 11.4. The minimum atomic E-state index is -1.04. The Hall–Kier alpha value is -2.62. The maximum atomic E-state index is 13.3. The number of benzene rings is 2. The molecule has 0 unspecified atom stereocenters. The van der Waals surface area contributed by atoms with Gasteiger partial charge in [-0.2, -0.15) is 0 Å². The first-order valence-electron chi connectivity index (χ1n) is 8.76. The molecule has 0 bridgehead atoms. The van der Waals surface area contributed by atoms with Crippen LogP contribution in [0.2, 0.25) is 0 Å². The number of ketones is 1. The van der Waals surface area contributed by atoms with Gasteiger partial charge in [0.05, 0.1) is 12.7 Å². The van der Waals surface area contributed by atoms with E-state index in [9.17, 15) is 9.59 Å². The van der Waals surface area contributed by atoms with Crippen molar-refractivity contribution in [2.45, 2.75) is 31.3 Å². The van der Waals surface area contributed by atoms with Gasteiger partial charge in [-0.3, -0.25) is 4.79 Å². The van der Waals surface area contributed by atoms with E-state index in [1.165, 1.54) is 7.11 Å². The summed E-state index contributed by atoms with van der Waals surface area (Å²) in [5.41, 5.74) is 1.25. The van der Waals surface area contributed by atoms with E-state index in [1.54, 1.807) is 0 Å². The average Bonchev–Trinajstić information content (AvgIpc) is 3.02. The van der Waals surface area contributed by atoms with Crippen LogP contribution in [0.15, 0.2) is 42.0 Å². The van der Waals surface area contributed by atoms with E-state index in [4.69, 9.17) is 9.47 Å². The van der Waals surface area contributed by atoms with Crippen LogP contribution in [0, 0.1) is 5.92 Å². The SMILES string of the molecule is COC(=O)[C@]12CCCC[C@H]1C1=C(O2)c2cccc3cccc(c23)C1=O. The van der Waals surface area contributed by atoms with Crippen LogP contribution >= 0.6 is 0 Å². The van der Waals surface area contributed by atoms with Gasteiger partial charge in [0.25, 0.3) is 0 Å². The van der Waals surface area contributed by atoms with E-state index >= 15 is 0 Å². The summed E-state index contributed by atoms with van der Waals surface area (Å²) in [6.07, 6.45) is 3.26. The quantitative estimate of drug-likeness (QED) is 0.743. The minimum Gasteiger partial charge on any atom is -0.474 e. The van der Waals surface area contributed by atoms with E-state index in [0.717, 1.165) is 35.6 Å². The number of methoxy groups -OCH3 is 1. The monoisotopic (exact) mass is 334 g/mol. The lowest BCUT2D eigenvalue weighted by Crippen LogP contribution is -2.48. The van der Waals surface area contributed by atoms with Crippen molar-refractivity contribution in [3.8, 4) is 0 Å². The summed E-state index contributed by atoms with van der Waals surface area (Å²) in [6, 6.07) is 11.7. The topological polar surface area (TPSA) is 52.6 Å². The van der Waals surface area contributed by atoms with Crippen molar-refractivity contribution in [2.75, 3.05) is 7.11 Å². The first-order valence-corrected chi connectivity index (χ1v) is 8.76. The molecule has 25 heavy (non-hydrogen) atoms. The fourth-order valence-corrected chi connectivity index (χ4v) is 4.82. The lowest BCUT2D eigenvalue weighted by Gasteiger charge is -2.36. The summed E-state index contributed by atoms with van der Waals surface area (Å²) in [6.45, 7) is 0. The van der Waals surface area contributed by atoms with Crippen molar-refractivity contribution < 1.29 is 19.1 Å². The number of rotatable bonds is 1. The van der Waals surface area contributed by atoms with Gasteiger partial charge in [-0.05, 0) is 24.6 Å². The highest BCUT2D eigenvalue weighted by Crippen LogP contribution is 2.55. The smallest absolute Gasteiger partial charge is 0.350 e. The van der Waals surface area contributed by atoms with Crippen molar-refractivity contribution in [3.05, 3.63) is 53.1 Å². The number of hydrogen-bond acceptors (Lipinski definition) is 4. The lowest BCUT2D eigenvalue weighted by molar-refractivity contribution is -0.166. The Bertz CT molecular complexity index is 966. The van der Waals surface area contributed by atoms with Gasteiger partial charge in [-0.25, -0.2) is 4.79 Å². The van der Waals surface area contributed by atoms with Crippen LogP contribution in [-0.4, -0.2) is 24.5 Å². The molecule has 2 aromatic carbocycles. The molecule has 1 heterocycles. The Balaban J connectivity index is 1.78. The van der Waals surface area contributed by atoms with Crippen molar-refractivity contribution in [3.63, 3.8) is 0 Å². The molecule has 1 fully saturated rings. The molecule has 0 spiro atoms. The van der Waals surface area contributed by atoms with Gasteiger partial charge < -0.3 is 9.47 Å². The molecule has 5 rings (SSSR count). The molecule has 3 aliphatic rings. The number of carbonyl (C=O) groups is 2. The lowest BCUT2D eigenvalue weighted by atomic mass is 9.70. The number of fused-ring (bicyclic) bond motifs is 3. The molecule has 0 aromatic heterocycles. The summed E-state index contributed by atoms with van der Waals surface area (Å²) in [4.78, 5) is 26.0. The summed E-state index contributed by atoms with van der Waals surface area (Å²) >= 11 is 0. The highest BCUT2D eigenvalue weighted by Gasteiger charge is 2.59. The zero-order chi connectivity index (χ0) is 17.2. The zero-order valence-electron chi connectivity index (χ0n) is 14.0. The Morgan fingerprint density at radius 2 is 1.92 bits per heavy atom. The van der Waals surface area contributed by atoms with Gasteiger partial charge in [-0.1, -0.05) is 42.8 Å². The number of Topliss-reactive ketones (excluding diaryl/α,β-unsaturated/α-hetero) is 1. The Morgan fingerprint density at radius 3 is 2.68 bits per heavy atom. The average molecular weight is 334 g/mol. The fraction of sp³-hybridized carbons (Fsp3) is 0.333. The fourth-order valence-electron chi connectivity index (χ4n) is 4.82. The van der Waals surface area contributed by atoms with Crippen LogP contribution in [-0.2, 0) is 14.3 Å². The summed E-state index contributed by atoms with van der Waals surface area (Å²) in [7, 11) is 1.39. The second kappa shape index (κ2) is 4.94. The summed E-state index contributed by atoms with van der Waals surface area (Å²) in [5, 5.41) is 1.94. The van der Waals surface area contributed by atoms with Crippen LogP contribution in [0.25, 0.3) is 16.5 Å². The van der Waals surface area contributed by atoms with Crippen molar-refractivity contribution in [1.29, 1.82) is 0 Å². The second-order valence-electron chi connectivity index (χ2n) is 7.06. The highest BCUT2D eigenvalue weighted by molar-refractivity contribution is 6.25. The van der Waals surface area contributed by atoms with E-state index in [1.807, 2.05) is 36.4 Å². The maximum absolute atomic E-state index is 13.3. The van der Waals surface area contributed by atoms with E-state index in [0.29, 0.717) is 23.3 Å². The molecule has 0 amide bonds. The first-order chi connectivity index (χ1) is 12.2. The molecule has 0 saturated heterocycles. The third kappa shape index (κ3) is 1.72.